The van der Waals surface area contributed by atoms with E-state index in [9.17, 15) is 19.8 Å². The van der Waals surface area contributed by atoms with E-state index >= 15 is 0 Å². The van der Waals surface area contributed by atoms with Crippen LogP contribution in [0.25, 0.3) is 10.9 Å². The molecule has 0 atom stereocenters. The molecule has 0 spiro atoms. The molecule has 32 heavy (non-hydrogen) atoms. The van der Waals surface area contributed by atoms with Gasteiger partial charge in [0, 0.05) is 68.5 Å². The molecule has 0 amide bonds. The van der Waals surface area contributed by atoms with Crippen LogP contribution in [0.2, 0.25) is 0 Å². The van der Waals surface area contributed by atoms with Crippen LogP contribution in [0.3, 0.4) is 0 Å². The predicted octanol–water partition coefficient (Wildman–Crippen LogP) is 1.44. The molecule has 3 N–H and O–H groups in total. The molecule has 1 fully saturated rings. The maximum Gasteiger partial charge on any atom is 0.198 e. The van der Waals surface area contributed by atoms with Crippen molar-refractivity contribution in [1.29, 1.82) is 0 Å². The summed E-state index contributed by atoms with van der Waals surface area (Å²) in [6.45, 7) is 5.70. The van der Waals surface area contributed by atoms with Gasteiger partial charge in [-0.05, 0) is 6.07 Å². The Morgan fingerprint density at radius 2 is 1.31 bits per heavy atom. The van der Waals surface area contributed by atoms with Crippen molar-refractivity contribution >= 4 is 22.5 Å². The highest BCUT2D eigenvalue weighted by Gasteiger charge is 2.36. The van der Waals surface area contributed by atoms with Gasteiger partial charge >= 0.3 is 0 Å². The first-order valence-electron chi connectivity index (χ1n) is 10.8. The standard InChI is InChI=1S/C24H25N3O5/c28-14-13-26-9-7-25(8-10-26)11-12-27-6-5-17-20(27)24(32)19-18(23(17)31)21(29)15-3-1-2-4-16(15)22(19)30/h1-6,28,31-32H,7-14H2. The fraction of sp³-hybridized carbons (Fsp3) is 0.333. The van der Waals surface area contributed by atoms with Crippen molar-refractivity contribution in [1.82, 2.24) is 14.4 Å². The molecule has 0 saturated carbocycles. The van der Waals surface area contributed by atoms with Gasteiger partial charge in [0.1, 0.15) is 5.75 Å². The van der Waals surface area contributed by atoms with E-state index < -0.39 is 11.6 Å². The summed E-state index contributed by atoms with van der Waals surface area (Å²) in [5.74, 6) is -1.45. The fourth-order valence-electron chi connectivity index (χ4n) is 4.82. The van der Waals surface area contributed by atoms with Crippen LogP contribution in [-0.2, 0) is 6.54 Å². The number of ketones is 2. The largest absolute Gasteiger partial charge is 0.506 e. The van der Waals surface area contributed by atoms with E-state index in [2.05, 4.69) is 9.80 Å². The number of carbonyl (C=O) groups is 2. The first kappa shape index (κ1) is 20.7. The second-order valence-corrected chi connectivity index (χ2v) is 8.33. The lowest BCUT2D eigenvalue weighted by atomic mass is 9.82. The van der Waals surface area contributed by atoms with E-state index in [0.29, 0.717) is 24.0 Å². The highest BCUT2D eigenvalue weighted by Crippen LogP contribution is 2.44. The Morgan fingerprint density at radius 1 is 0.750 bits per heavy atom. The van der Waals surface area contributed by atoms with Gasteiger partial charge in [-0.25, -0.2) is 0 Å². The van der Waals surface area contributed by atoms with Crippen LogP contribution >= 0.6 is 0 Å². The van der Waals surface area contributed by atoms with Crippen molar-refractivity contribution < 1.29 is 24.9 Å². The third kappa shape index (κ3) is 3.19. The topological polar surface area (TPSA) is 106 Å². The number of hydrogen-bond acceptors (Lipinski definition) is 7. The number of hydrogen-bond donors (Lipinski definition) is 3. The molecule has 166 valence electrons. The Bertz CT molecular complexity index is 1220. The fourth-order valence-corrected chi connectivity index (χ4v) is 4.82. The zero-order valence-corrected chi connectivity index (χ0v) is 17.6. The zero-order valence-electron chi connectivity index (χ0n) is 17.6. The molecule has 1 aromatic heterocycles. The molecule has 0 bridgehead atoms. The van der Waals surface area contributed by atoms with Gasteiger partial charge in [-0.3, -0.25) is 19.4 Å². The molecule has 3 aromatic rings. The number of aliphatic hydroxyl groups excluding tert-OH is 1. The van der Waals surface area contributed by atoms with E-state index in [1.165, 1.54) is 0 Å². The van der Waals surface area contributed by atoms with Gasteiger partial charge in [-0.15, -0.1) is 0 Å². The maximum absolute atomic E-state index is 13.1. The number of piperazine rings is 1. The van der Waals surface area contributed by atoms with Gasteiger partial charge in [0.25, 0.3) is 0 Å². The summed E-state index contributed by atoms with van der Waals surface area (Å²) < 4.78 is 1.82. The Kier molecular flexibility index (Phi) is 5.21. The van der Waals surface area contributed by atoms with Crippen molar-refractivity contribution in [2.75, 3.05) is 45.9 Å². The molecule has 2 aromatic carbocycles. The highest BCUT2D eigenvalue weighted by atomic mass is 16.3. The van der Waals surface area contributed by atoms with Crippen LogP contribution in [0, 0.1) is 0 Å². The number of phenols is 2. The number of nitrogens with zero attached hydrogens (tertiary/aromatic N) is 3. The number of carbonyl (C=O) groups excluding carboxylic acids is 2. The number of aliphatic hydroxyl groups is 1. The Morgan fingerprint density at radius 3 is 1.91 bits per heavy atom. The first-order chi connectivity index (χ1) is 15.5. The molecule has 5 rings (SSSR count). The molecule has 1 aliphatic heterocycles. The predicted molar refractivity (Wildman–Crippen MR) is 119 cm³/mol. The number of benzene rings is 2. The van der Waals surface area contributed by atoms with Gasteiger partial charge in [-0.1, -0.05) is 24.3 Å². The van der Waals surface area contributed by atoms with Crippen molar-refractivity contribution in [3.8, 4) is 11.5 Å². The summed E-state index contributed by atoms with van der Waals surface area (Å²) in [6, 6.07) is 8.14. The molecule has 1 aliphatic carbocycles. The molecular weight excluding hydrogens is 410 g/mol. The van der Waals surface area contributed by atoms with Gasteiger partial charge < -0.3 is 19.9 Å². The lowest BCUT2D eigenvalue weighted by molar-refractivity contribution is 0.0974. The molecule has 0 unspecified atom stereocenters. The average molecular weight is 435 g/mol. The molecule has 8 nitrogen and oxygen atoms in total. The minimum atomic E-state index is -0.461. The maximum atomic E-state index is 13.1. The third-order valence-electron chi connectivity index (χ3n) is 6.58. The van der Waals surface area contributed by atoms with Crippen LogP contribution in [-0.4, -0.2) is 87.1 Å². The van der Waals surface area contributed by atoms with E-state index in [4.69, 9.17) is 5.11 Å². The summed E-state index contributed by atoms with van der Waals surface area (Å²) in [5.41, 5.74) is 0.574. The SMILES string of the molecule is O=C1c2ccccc2C(=O)c2c1c(O)c1ccn(CCN3CCN(CCO)CC3)c1c2O. The quantitative estimate of drug-likeness (QED) is 0.407. The number of rotatable bonds is 5. The van der Waals surface area contributed by atoms with Gasteiger partial charge in [0.15, 0.2) is 17.3 Å². The summed E-state index contributed by atoms with van der Waals surface area (Å²) >= 11 is 0. The average Bonchev–Trinajstić information content (AvgIpc) is 3.24. The molecule has 0 radical (unpaired) electrons. The van der Waals surface area contributed by atoms with Gasteiger partial charge in [0.2, 0.25) is 0 Å². The summed E-state index contributed by atoms with van der Waals surface area (Å²) in [7, 11) is 0. The minimum Gasteiger partial charge on any atom is -0.506 e. The van der Waals surface area contributed by atoms with E-state index in [-0.39, 0.29) is 40.4 Å². The van der Waals surface area contributed by atoms with Crippen LogP contribution in [0.1, 0.15) is 31.8 Å². The van der Waals surface area contributed by atoms with Crippen molar-refractivity contribution in [2.24, 2.45) is 0 Å². The van der Waals surface area contributed by atoms with Crippen molar-refractivity contribution in [3.63, 3.8) is 0 Å². The lowest BCUT2D eigenvalue weighted by Crippen LogP contribution is -2.47. The Hall–Kier alpha value is -3.20. The molecule has 2 heterocycles. The van der Waals surface area contributed by atoms with Crippen LogP contribution in [0.5, 0.6) is 11.5 Å². The smallest absolute Gasteiger partial charge is 0.198 e. The monoisotopic (exact) mass is 435 g/mol. The molecule has 1 saturated heterocycles. The summed E-state index contributed by atoms with van der Waals surface area (Å²) in [6.07, 6.45) is 1.76. The first-order valence-corrected chi connectivity index (χ1v) is 10.8. The molecule has 8 heteroatoms. The van der Waals surface area contributed by atoms with Crippen LogP contribution < -0.4 is 0 Å². The van der Waals surface area contributed by atoms with E-state index in [1.54, 1.807) is 36.5 Å². The molecule has 2 aliphatic rings. The normalized spacial score (nSPS) is 17.0. The second kappa shape index (κ2) is 8.05. The number of aromatic nitrogens is 1. The Balaban J connectivity index is 1.47. The number of β-amino-alcohol motifs (C(OH)–C–C–N with tert-alkyl or cyclic N) is 1. The van der Waals surface area contributed by atoms with Gasteiger partial charge in [0.05, 0.1) is 23.3 Å². The minimum absolute atomic E-state index is 0.128. The van der Waals surface area contributed by atoms with Crippen molar-refractivity contribution in [3.05, 3.63) is 58.8 Å². The summed E-state index contributed by atoms with van der Waals surface area (Å²) in [5, 5.41) is 31.4. The number of aromatic hydroxyl groups is 2. The van der Waals surface area contributed by atoms with Gasteiger partial charge in [-0.2, -0.15) is 0 Å². The number of phenolic OH excluding ortho intramolecular Hbond substituents is 2. The van der Waals surface area contributed by atoms with E-state index in [0.717, 1.165) is 32.7 Å². The highest BCUT2D eigenvalue weighted by molar-refractivity contribution is 6.32. The second-order valence-electron chi connectivity index (χ2n) is 8.33. The van der Waals surface area contributed by atoms with E-state index in [1.807, 2.05) is 4.57 Å². The van der Waals surface area contributed by atoms with Crippen LogP contribution in [0.4, 0.5) is 0 Å². The lowest BCUT2D eigenvalue weighted by Gasteiger charge is -2.34. The summed E-state index contributed by atoms with van der Waals surface area (Å²) in [4.78, 5) is 30.7. The molecular formula is C24H25N3O5. The zero-order chi connectivity index (χ0) is 22.4. The van der Waals surface area contributed by atoms with Crippen molar-refractivity contribution in [2.45, 2.75) is 6.54 Å². The van der Waals surface area contributed by atoms with Crippen LogP contribution in [0.15, 0.2) is 36.5 Å². The third-order valence-corrected chi connectivity index (χ3v) is 6.58. The Labute approximate surface area is 184 Å². The number of fused-ring (bicyclic) bond motifs is 3.